The van der Waals surface area contributed by atoms with Gasteiger partial charge in [0.1, 0.15) is 0 Å². The third-order valence-electron chi connectivity index (χ3n) is 0.893. The summed E-state index contributed by atoms with van der Waals surface area (Å²) >= 11 is 1.12. The summed E-state index contributed by atoms with van der Waals surface area (Å²) in [5.41, 5.74) is 0. The molecule has 10 heavy (non-hydrogen) atoms. The smallest absolute Gasteiger partial charge is 0.189 e. The van der Waals surface area contributed by atoms with E-state index >= 15 is 0 Å². The van der Waals surface area contributed by atoms with E-state index in [1.807, 2.05) is 0 Å². The molecule has 0 unspecified atom stereocenters. The fourth-order valence-electron chi connectivity index (χ4n) is 0.455. The molecule has 0 radical (unpaired) electrons. The molecule has 0 fully saturated rings. The van der Waals surface area contributed by atoms with Crippen LogP contribution in [0.25, 0.3) is 0 Å². The average Bonchev–Trinajstić information content (AvgIpc) is 1.97. The van der Waals surface area contributed by atoms with Gasteiger partial charge in [-0.2, -0.15) is 0 Å². The number of aliphatic hydroxyl groups is 2. The SMILES string of the molecule is O=C(CCCO)SCCO. The van der Waals surface area contributed by atoms with Gasteiger partial charge in [-0.1, -0.05) is 11.8 Å². The number of aliphatic hydroxyl groups excluding tert-OH is 2. The summed E-state index contributed by atoms with van der Waals surface area (Å²) in [5, 5.41) is 16.7. The number of thioether (sulfide) groups is 1. The Kier molecular flexibility index (Phi) is 7.01. The maximum Gasteiger partial charge on any atom is 0.189 e. The summed E-state index contributed by atoms with van der Waals surface area (Å²) in [6.45, 7) is 0.0982. The van der Waals surface area contributed by atoms with Gasteiger partial charge >= 0.3 is 0 Å². The number of hydrogen-bond donors (Lipinski definition) is 2. The van der Waals surface area contributed by atoms with Crippen LogP contribution >= 0.6 is 11.8 Å². The molecule has 0 aliphatic rings. The molecule has 0 saturated heterocycles. The minimum absolute atomic E-state index is 0.0372. The topological polar surface area (TPSA) is 57.5 Å². The molecular weight excluding hydrogens is 152 g/mol. The molecule has 3 nitrogen and oxygen atoms in total. The molecule has 0 atom stereocenters. The van der Waals surface area contributed by atoms with Crippen LogP contribution in [0, 0.1) is 0 Å². The Morgan fingerprint density at radius 1 is 1.30 bits per heavy atom. The van der Waals surface area contributed by atoms with Crippen LogP contribution < -0.4 is 0 Å². The van der Waals surface area contributed by atoms with E-state index in [0.717, 1.165) is 11.8 Å². The van der Waals surface area contributed by atoms with Crippen molar-refractivity contribution < 1.29 is 15.0 Å². The Labute approximate surface area is 64.4 Å². The highest BCUT2D eigenvalue weighted by Crippen LogP contribution is 2.05. The lowest BCUT2D eigenvalue weighted by Gasteiger charge is -1.95. The van der Waals surface area contributed by atoms with Gasteiger partial charge < -0.3 is 10.2 Å². The van der Waals surface area contributed by atoms with Crippen molar-refractivity contribution in [3.8, 4) is 0 Å². The Bertz CT molecular complexity index is 85.0. The van der Waals surface area contributed by atoms with Crippen molar-refractivity contribution in [2.24, 2.45) is 0 Å². The molecule has 0 aromatic rings. The van der Waals surface area contributed by atoms with E-state index in [-0.39, 0.29) is 18.3 Å². The van der Waals surface area contributed by atoms with E-state index in [1.54, 1.807) is 0 Å². The Morgan fingerprint density at radius 2 is 2.00 bits per heavy atom. The molecule has 60 valence electrons. The molecule has 4 heteroatoms. The van der Waals surface area contributed by atoms with Gasteiger partial charge in [-0.3, -0.25) is 4.79 Å². The predicted molar refractivity (Wildman–Crippen MR) is 40.9 cm³/mol. The van der Waals surface area contributed by atoms with Crippen LogP contribution in [0.2, 0.25) is 0 Å². The quantitative estimate of drug-likeness (QED) is 0.601. The van der Waals surface area contributed by atoms with Crippen LogP contribution in [0.3, 0.4) is 0 Å². The van der Waals surface area contributed by atoms with E-state index in [9.17, 15) is 4.79 Å². The second-order valence-corrected chi connectivity index (χ2v) is 2.92. The van der Waals surface area contributed by atoms with Crippen molar-refractivity contribution >= 4 is 16.9 Å². The largest absolute Gasteiger partial charge is 0.396 e. The fourth-order valence-corrected chi connectivity index (χ4v) is 1.06. The fraction of sp³-hybridized carbons (Fsp3) is 0.833. The van der Waals surface area contributed by atoms with Crippen molar-refractivity contribution in [2.45, 2.75) is 12.8 Å². The van der Waals surface area contributed by atoms with E-state index in [1.165, 1.54) is 0 Å². The second kappa shape index (κ2) is 7.05. The molecular formula is C6H12O3S. The first-order valence-corrected chi connectivity index (χ1v) is 4.17. The van der Waals surface area contributed by atoms with Crippen molar-refractivity contribution in [3.63, 3.8) is 0 Å². The van der Waals surface area contributed by atoms with Gasteiger partial charge in [0, 0.05) is 18.8 Å². The molecule has 0 aromatic carbocycles. The highest BCUT2D eigenvalue weighted by atomic mass is 32.2. The van der Waals surface area contributed by atoms with Crippen LogP contribution in [-0.4, -0.2) is 34.3 Å². The maximum atomic E-state index is 10.7. The molecule has 0 rings (SSSR count). The molecule has 0 aliphatic heterocycles. The molecule has 0 aliphatic carbocycles. The first-order valence-electron chi connectivity index (χ1n) is 3.18. The highest BCUT2D eigenvalue weighted by molar-refractivity contribution is 8.13. The predicted octanol–water partition coefficient (Wildman–Crippen LogP) is 0.0110. The van der Waals surface area contributed by atoms with Gasteiger partial charge in [0.25, 0.3) is 0 Å². The van der Waals surface area contributed by atoms with Crippen molar-refractivity contribution in [2.75, 3.05) is 19.0 Å². The summed E-state index contributed by atoms with van der Waals surface area (Å²) < 4.78 is 0. The zero-order valence-electron chi connectivity index (χ0n) is 5.75. The summed E-state index contributed by atoms with van der Waals surface area (Å²) in [4.78, 5) is 10.7. The lowest BCUT2D eigenvalue weighted by atomic mass is 10.3. The van der Waals surface area contributed by atoms with Crippen molar-refractivity contribution in [3.05, 3.63) is 0 Å². The van der Waals surface area contributed by atoms with Crippen LogP contribution in [0.1, 0.15) is 12.8 Å². The van der Waals surface area contributed by atoms with Crippen LogP contribution in [-0.2, 0) is 4.79 Å². The monoisotopic (exact) mass is 164 g/mol. The second-order valence-electron chi connectivity index (χ2n) is 1.77. The Morgan fingerprint density at radius 3 is 2.50 bits per heavy atom. The van der Waals surface area contributed by atoms with Gasteiger partial charge in [-0.25, -0.2) is 0 Å². The molecule has 0 saturated carbocycles. The van der Waals surface area contributed by atoms with Crippen LogP contribution in [0.4, 0.5) is 0 Å². The highest BCUT2D eigenvalue weighted by Gasteiger charge is 1.99. The first kappa shape index (κ1) is 9.94. The van der Waals surface area contributed by atoms with Gasteiger partial charge in [-0.05, 0) is 6.42 Å². The van der Waals surface area contributed by atoms with E-state index in [2.05, 4.69) is 0 Å². The van der Waals surface area contributed by atoms with E-state index < -0.39 is 0 Å². The normalized spacial score (nSPS) is 9.80. The van der Waals surface area contributed by atoms with Crippen LogP contribution in [0.15, 0.2) is 0 Å². The Balaban J connectivity index is 3.09. The van der Waals surface area contributed by atoms with Gasteiger partial charge in [0.05, 0.1) is 6.61 Å². The molecule has 0 spiro atoms. The molecule has 0 aromatic heterocycles. The number of carbonyl (C=O) groups is 1. The minimum atomic E-state index is 0.0372. The maximum absolute atomic E-state index is 10.7. The summed E-state index contributed by atoms with van der Waals surface area (Å²) in [7, 11) is 0. The van der Waals surface area contributed by atoms with Crippen LogP contribution in [0.5, 0.6) is 0 Å². The van der Waals surface area contributed by atoms with Gasteiger partial charge in [-0.15, -0.1) is 0 Å². The Hall–Kier alpha value is -0.0600. The third-order valence-corrected chi connectivity index (χ3v) is 1.81. The van der Waals surface area contributed by atoms with E-state index in [4.69, 9.17) is 10.2 Å². The molecule has 0 heterocycles. The molecule has 2 N–H and O–H groups in total. The van der Waals surface area contributed by atoms with Crippen molar-refractivity contribution in [1.29, 1.82) is 0 Å². The summed E-state index contributed by atoms with van der Waals surface area (Å²) in [6.07, 6.45) is 0.929. The third kappa shape index (κ3) is 6.07. The minimum Gasteiger partial charge on any atom is -0.396 e. The number of rotatable bonds is 5. The number of hydrogen-bond acceptors (Lipinski definition) is 4. The van der Waals surface area contributed by atoms with Crippen molar-refractivity contribution in [1.82, 2.24) is 0 Å². The lowest BCUT2D eigenvalue weighted by Crippen LogP contribution is -1.97. The number of carbonyl (C=O) groups excluding carboxylic acids is 1. The standard InChI is InChI=1S/C6H12O3S/c7-3-1-2-6(9)10-5-4-8/h7-8H,1-5H2. The average molecular weight is 164 g/mol. The lowest BCUT2D eigenvalue weighted by molar-refractivity contribution is -0.111. The summed E-state index contributed by atoms with van der Waals surface area (Å²) in [6, 6.07) is 0. The zero-order valence-corrected chi connectivity index (χ0v) is 6.56. The zero-order chi connectivity index (χ0) is 7.82. The summed E-state index contributed by atoms with van der Waals surface area (Å²) in [5.74, 6) is 0.463. The van der Waals surface area contributed by atoms with E-state index in [0.29, 0.717) is 18.6 Å². The van der Waals surface area contributed by atoms with Gasteiger partial charge in [0.15, 0.2) is 5.12 Å². The first-order chi connectivity index (χ1) is 4.81. The van der Waals surface area contributed by atoms with Gasteiger partial charge in [0.2, 0.25) is 0 Å². The molecule has 0 amide bonds. The molecule has 0 bridgehead atoms.